The summed E-state index contributed by atoms with van der Waals surface area (Å²) in [6, 6.07) is 3.03. The number of alkyl halides is 2. The Labute approximate surface area is 136 Å². The summed E-state index contributed by atoms with van der Waals surface area (Å²) >= 11 is 11.6. The van der Waals surface area contributed by atoms with Gasteiger partial charge in [-0.2, -0.15) is 8.78 Å². The molecule has 0 saturated heterocycles. The van der Waals surface area contributed by atoms with Crippen LogP contribution >= 0.6 is 23.8 Å². The molecular formula is C15H12ClF2NO2S. The molecule has 7 heteroatoms. The summed E-state index contributed by atoms with van der Waals surface area (Å²) in [5.41, 5.74) is 2.04. The van der Waals surface area contributed by atoms with Crippen LogP contribution in [0, 0.1) is 6.92 Å². The molecule has 2 aromatic rings. The predicted molar refractivity (Wildman–Crippen MR) is 82.1 cm³/mol. The van der Waals surface area contributed by atoms with Gasteiger partial charge in [0.1, 0.15) is 11.5 Å². The maximum absolute atomic E-state index is 12.3. The Morgan fingerprint density at radius 2 is 2.14 bits per heavy atom. The zero-order chi connectivity index (χ0) is 15.9. The van der Waals surface area contributed by atoms with Crippen molar-refractivity contribution in [3.05, 3.63) is 45.8 Å². The van der Waals surface area contributed by atoms with Crippen molar-refractivity contribution in [2.75, 3.05) is 0 Å². The molecule has 0 unspecified atom stereocenters. The van der Waals surface area contributed by atoms with E-state index in [1.54, 1.807) is 19.2 Å². The third-order valence-electron chi connectivity index (χ3n) is 3.60. The summed E-state index contributed by atoms with van der Waals surface area (Å²) in [7, 11) is 0. The third-order valence-corrected chi connectivity index (χ3v) is 4.51. The fraction of sp³-hybridized carbons (Fsp3) is 0.333. The Hall–Kier alpha value is -1.53. The van der Waals surface area contributed by atoms with Crippen molar-refractivity contribution in [3.8, 4) is 5.75 Å². The monoisotopic (exact) mass is 343 g/mol. The molecule has 3 nitrogen and oxygen atoms in total. The number of benzene rings is 1. The second kappa shape index (κ2) is 5.93. The summed E-state index contributed by atoms with van der Waals surface area (Å²) in [5, 5.41) is 3.95. The molecule has 1 aromatic carbocycles. The van der Waals surface area contributed by atoms with E-state index in [2.05, 4.69) is 9.89 Å². The van der Waals surface area contributed by atoms with Gasteiger partial charge in [0.25, 0.3) is 0 Å². The van der Waals surface area contributed by atoms with Gasteiger partial charge in [-0.1, -0.05) is 29.0 Å². The summed E-state index contributed by atoms with van der Waals surface area (Å²) in [6.45, 7) is -1.21. The zero-order valence-electron chi connectivity index (χ0n) is 11.6. The molecule has 1 saturated carbocycles. The lowest BCUT2D eigenvalue weighted by molar-refractivity contribution is -0.0498. The molecule has 1 aromatic heterocycles. The molecule has 0 N–H and O–H groups in total. The maximum atomic E-state index is 12.3. The molecule has 0 aliphatic heterocycles. The van der Waals surface area contributed by atoms with Gasteiger partial charge in [0, 0.05) is 5.92 Å². The second-order valence-corrected chi connectivity index (χ2v) is 5.92. The average molecular weight is 344 g/mol. The van der Waals surface area contributed by atoms with Crippen LogP contribution in [0.4, 0.5) is 8.78 Å². The van der Waals surface area contributed by atoms with Crippen LogP contribution in [0.3, 0.4) is 0 Å². The summed E-state index contributed by atoms with van der Waals surface area (Å²) in [5.74, 6) is 1.09. The highest BCUT2D eigenvalue weighted by Crippen LogP contribution is 2.42. The Bertz CT molecular complexity index is 728. The first-order chi connectivity index (χ1) is 10.5. The molecule has 0 amide bonds. The van der Waals surface area contributed by atoms with Crippen molar-refractivity contribution in [2.45, 2.75) is 32.3 Å². The van der Waals surface area contributed by atoms with Crippen molar-refractivity contribution < 1.29 is 18.0 Å². The van der Waals surface area contributed by atoms with Gasteiger partial charge >= 0.3 is 6.61 Å². The summed E-state index contributed by atoms with van der Waals surface area (Å²) in [6.07, 6.45) is 3.71. The Morgan fingerprint density at radius 3 is 2.77 bits per heavy atom. The van der Waals surface area contributed by atoms with E-state index in [9.17, 15) is 8.78 Å². The van der Waals surface area contributed by atoms with E-state index < -0.39 is 6.61 Å². The maximum Gasteiger partial charge on any atom is 0.387 e. The Morgan fingerprint density at radius 1 is 1.41 bits per heavy atom. The van der Waals surface area contributed by atoms with Crippen LogP contribution in [-0.4, -0.2) is 16.6 Å². The molecule has 116 valence electrons. The van der Waals surface area contributed by atoms with Gasteiger partial charge in [0.05, 0.1) is 21.6 Å². The van der Waals surface area contributed by atoms with Crippen molar-refractivity contribution in [2.24, 2.45) is 0 Å². The van der Waals surface area contributed by atoms with Gasteiger partial charge < -0.3 is 9.26 Å². The van der Waals surface area contributed by atoms with E-state index in [0.717, 1.165) is 24.2 Å². The first kappa shape index (κ1) is 15.4. The zero-order valence-corrected chi connectivity index (χ0v) is 13.2. The number of thiocarbonyl (C=S) groups is 1. The van der Waals surface area contributed by atoms with Gasteiger partial charge in [-0.3, -0.25) is 0 Å². The molecule has 0 radical (unpaired) electrons. The highest BCUT2D eigenvalue weighted by atomic mass is 35.5. The van der Waals surface area contributed by atoms with Crippen LogP contribution in [0.1, 0.15) is 41.2 Å². The van der Waals surface area contributed by atoms with E-state index in [4.69, 9.17) is 28.3 Å². The van der Waals surface area contributed by atoms with Crippen LogP contribution in [0.5, 0.6) is 5.75 Å². The van der Waals surface area contributed by atoms with Crippen LogP contribution < -0.4 is 4.74 Å². The fourth-order valence-electron chi connectivity index (χ4n) is 2.30. The lowest BCUT2D eigenvalue weighted by Gasteiger charge is -2.13. The molecule has 22 heavy (non-hydrogen) atoms. The van der Waals surface area contributed by atoms with Crippen LogP contribution in [-0.2, 0) is 0 Å². The molecular weight excluding hydrogens is 332 g/mol. The first-order valence-corrected chi connectivity index (χ1v) is 7.51. The number of hydrogen-bond acceptors (Lipinski definition) is 4. The molecule has 1 aliphatic carbocycles. The highest BCUT2D eigenvalue weighted by molar-refractivity contribution is 7.81. The molecule has 0 spiro atoms. The SMILES string of the molecule is Cc1c(C(=S)c2cnoc2C2CC2)ccc(OC(F)F)c1Cl. The number of ether oxygens (including phenoxy) is 1. The van der Waals surface area contributed by atoms with Crippen molar-refractivity contribution in [1.82, 2.24) is 5.16 Å². The van der Waals surface area contributed by atoms with Gasteiger partial charge in [-0.05, 0) is 43.0 Å². The van der Waals surface area contributed by atoms with Gasteiger partial charge in [0.15, 0.2) is 0 Å². The lowest BCUT2D eigenvalue weighted by Crippen LogP contribution is -2.07. The molecule has 0 atom stereocenters. The van der Waals surface area contributed by atoms with Crippen molar-refractivity contribution >= 4 is 28.7 Å². The smallest absolute Gasteiger partial charge is 0.387 e. The third kappa shape index (κ3) is 2.85. The summed E-state index contributed by atoms with van der Waals surface area (Å²) in [4.78, 5) is 0.547. The van der Waals surface area contributed by atoms with Crippen LogP contribution in [0.2, 0.25) is 5.02 Å². The van der Waals surface area contributed by atoms with Crippen LogP contribution in [0.15, 0.2) is 22.9 Å². The average Bonchev–Trinajstić information content (AvgIpc) is 3.20. The minimum atomic E-state index is -2.92. The van der Waals surface area contributed by atoms with E-state index in [-0.39, 0.29) is 10.8 Å². The predicted octanol–water partition coefficient (Wildman–Crippen LogP) is 4.88. The number of nitrogens with zero attached hydrogens (tertiary/aromatic N) is 1. The topological polar surface area (TPSA) is 35.3 Å². The minimum Gasteiger partial charge on any atom is -0.433 e. The van der Waals surface area contributed by atoms with E-state index >= 15 is 0 Å². The molecule has 3 rings (SSSR count). The van der Waals surface area contributed by atoms with E-state index in [0.29, 0.717) is 21.9 Å². The van der Waals surface area contributed by atoms with Gasteiger partial charge in [-0.15, -0.1) is 0 Å². The number of rotatable bonds is 5. The van der Waals surface area contributed by atoms with Crippen molar-refractivity contribution in [1.29, 1.82) is 0 Å². The van der Waals surface area contributed by atoms with Crippen molar-refractivity contribution in [3.63, 3.8) is 0 Å². The second-order valence-electron chi connectivity index (χ2n) is 5.14. The Kier molecular flexibility index (Phi) is 4.14. The molecule has 1 fully saturated rings. The van der Waals surface area contributed by atoms with Crippen LogP contribution in [0.25, 0.3) is 0 Å². The quantitative estimate of drug-likeness (QED) is 0.572. The minimum absolute atomic E-state index is 0.0616. The Balaban J connectivity index is 1.96. The number of hydrogen-bond donors (Lipinski definition) is 0. The normalized spacial score (nSPS) is 14.4. The number of aromatic nitrogens is 1. The molecule has 1 aliphatic rings. The van der Waals surface area contributed by atoms with Gasteiger partial charge in [-0.25, -0.2) is 0 Å². The molecule has 0 bridgehead atoms. The number of halogens is 3. The summed E-state index contributed by atoms with van der Waals surface area (Å²) < 4.78 is 34.3. The van der Waals surface area contributed by atoms with E-state index in [1.807, 2.05) is 0 Å². The lowest BCUT2D eigenvalue weighted by atomic mass is 9.99. The first-order valence-electron chi connectivity index (χ1n) is 6.72. The highest BCUT2D eigenvalue weighted by Gasteiger charge is 2.32. The molecule has 1 heterocycles. The fourth-order valence-corrected chi connectivity index (χ4v) is 2.88. The van der Waals surface area contributed by atoms with E-state index in [1.165, 1.54) is 6.07 Å². The van der Waals surface area contributed by atoms with Gasteiger partial charge in [0.2, 0.25) is 0 Å². The largest absolute Gasteiger partial charge is 0.433 e. The standard InChI is InChI=1S/C15H12ClF2NO2S/c1-7-9(4-5-11(12(7)16)20-15(17)18)14(22)10-6-19-21-13(10)8-2-3-8/h4-6,8,15H,2-3H2,1H3.